The summed E-state index contributed by atoms with van der Waals surface area (Å²) < 4.78 is 67.1. The summed E-state index contributed by atoms with van der Waals surface area (Å²) >= 11 is 2.89. The van der Waals surface area contributed by atoms with Gasteiger partial charge in [0.25, 0.3) is 0 Å². The molecule has 2 N–H and O–H groups in total. The first-order valence-electron chi connectivity index (χ1n) is 15.1. The zero-order chi connectivity index (χ0) is 33.3. The van der Waals surface area contributed by atoms with Crippen molar-refractivity contribution in [2.24, 2.45) is 0 Å². The molecule has 6 aromatic rings. The lowest BCUT2D eigenvalue weighted by Crippen LogP contribution is -2.46. The van der Waals surface area contributed by atoms with Crippen LogP contribution in [0.2, 0.25) is 0 Å². The first-order valence-corrected chi connectivity index (χ1v) is 13.4. The van der Waals surface area contributed by atoms with Gasteiger partial charge in [0, 0.05) is 15.8 Å². The molecule has 0 saturated carbocycles. The van der Waals surface area contributed by atoms with Crippen LogP contribution in [0.4, 0.5) is 10.2 Å². The van der Waals surface area contributed by atoms with E-state index in [0.29, 0.717) is 4.57 Å². The largest absolute Gasteiger partial charge is 0.446 e. The molecule has 0 bridgehead atoms. The van der Waals surface area contributed by atoms with Gasteiger partial charge in [0.1, 0.15) is 5.82 Å². The fraction of sp³-hybridized carbons (Fsp3) is 0.0968. The van der Waals surface area contributed by atoms with Crippen LogP contribution in [0.25, 0.3) is 17.2 Å². The molecule has 0 unspecified atom stereocenters. The molecule has 6 rings (SSSR count). The van der Waals surface area contributed by atoms with Crippen molar-refractivity contribution in [3.63, 3.8) is 0 Å². The van der Waals surface area contributed by atoms with Gasteiger partial charge in [-0.15, -0.1) is 0 Å². The van der Waals surface area contributed by atoms with E-state index in [9.17, 15) is 9.18 Å². The van der Waals surface area contributed by atoms with E-state index in [1.165, 1.54) is 0 Å². The molecule has 9 nitrogen and oxygen atoms in total. The Morgan fingerprint density at radius 3 is 2.10 bits per heavy atom. The predicted molar refractivity (Wildman–Crippen MR) is 159 cm³/mol. The number of aromatic nitrogens is 4. The highest BCUT2D eigenvalue weighted by atomic mass is 79.9. The highest BCUT2D eigenvalue weighted by Gasteiger charge is 2.35. The summed E-state index contributed by atoms with van der Waals surface area (Å²) in [6.45, 7) is -2.57. The molecule has 0 radical (unpaired) electrons. The van der Waals surface area contributed by atoms with Crippen molar-refractivity contribution in [1.29, 1.82) is 0 Å². The van der Waals surface area contributed by atoms with E-state index in [2.05, 4.69) is 42.0 Å². The molecular formula is C31H24BrFN6O3. The van der Waals surface area contributed by atoms with Crippen LogP contribution in [0.3, 0.4) is 0 Å². The highest BCUT2D eigenvalue weighted by Crippen LogP contribution is 2.36. The Hall–Kier alpha value is -4.87. The van der Waals surface area contributed by atoms with Crippen LogP contribution in [0.5, 0.6) is 0 Å². The van der Waals surface area contributed by atoms with Crippen LogP contribution >= 0.6 is 15.9 Å². The van der Waals surface area contributed by atoms with Gasteiger partial charge in [0.15, 0.2) is 5.69 Å². The molecule has 0 saturated heterocycles. The van der Waals surface area contributed by atoms with E-state index < -0.39 is 58.4 Å². The molecule has 0 fully saturated rings. The third kappa shape index (κ3) is 5.15. The van der Waals surface area contributed by atoms with E-state index in [1.54, 1.807) is 0 Å². The normalized spacial score (nSPS) is 13.5. The van der Waals surface area contributed by atoms with Crippen LogP contribution in [0.15, 0.2) is 128 Å². The average Bonchev–Trinajstić information content (AvgIpc) is 3.72. The fourth-order valence-corrected chi connectivity index (χ4v) is 4.89. The number of benzene rings is 4. The number of halogens is 2. The summed E-state index contributed by atoms with van der Waals surface area (Å²) in [6, 6.07) is 26.2. The molecule has 0 aliphatic rings. The molecule has 210 valence electrons. The summed E-state index contributed by atoms with van der Waals surface area (Å²) in [6.07, 6.45) is 0. The molecular weight excluding hydrogens is 603 g/mol. The number of hydrogen-bond acceptors (Lipinski definition) is 8. The van der Waals surface area contributed by atoms with Crippen molar-refractivity contribution >= 4 is 21.7 Å². The van der Waals surface area contributed by atoms with E-state index in [0.717, 1.165) is 16.7 Å². The summed E-state index contributed by atoms with van der Waals surface area (Å²) in [5.41, 5.74) is 0.493. The van der Waals surface area contributed by atoms with Gasteiger partial charge in [0.05, 0.1) is 19.8 Å². The van der Waals surface area contributed by atoms with Gasteiger partial charge >= 0.3 is 5.76 Å². The fourth-order valence-electron chi connectivity index (χ4n) is 4.60. The van der Waals surface area contributed by atoms with E-state index >= 15 is 0 Å². The van der Waals surface area contributed by atoms with Crippen LogP contribution in [-0.4, -0.2) is 33.1 Å². The molecule has 0 aliphatic heterocycles. The Kier molecular flexibility index (Phi) is 6.20. The van der Waals surface area contributed by atoms with Crippen molar-refractivity contribution in [1.82, 2.24) is 25.4 Å². The topological polar surface area (TPSA) is 111 Å². The second-order valence-electron chi connectivity index (χ2n) is 8.92. The van der Waals surface area contributed by atoms with Crippen molar-refractivity contribution in [2.45, 2.75) is 5.54 Å². The Balaban J connectivity index is 1.38. The van der Waals surface area contributed by atoms with Gasteiger partial charge in [-0.1, -0.05) is 96.2 Å². The Labute approximate surface area is 255 Å². The second-order valence-corrected chi connectivity index (χ2v) is 9.72. The van der Waals surface area contributed by atoms with Crippen LogP contribution in [-0.2, 0) is 5.54 Å². The van der Waals surface area contributed by atoms with Gasteiger partial charge < -0.3 is 5.32 Å². The lowest BCUT2D eigenvalue weighted by molar-refractivity contribution is 0.309. The minimum atomic E-state index is -2.16. The Bertz CT molecular complexity index is 1970. The maximum absolute atomic E-state index is 14.4. The Morgan fingerprint density at radius 1 is 0.905 bits per heavy atom. The van der Waals surface area contributed by atoms with Crippen molar-refractivity contribution in [3.8, 4) is 17.2 Å². The van der Waals surface area contributed by atoms with E-state index in [1.807, 2.05) is 91.0 Å². The summed E-state index contributed by atoms with van der Waals surface area (Å²) in [4.78, 5) is 12.8. The molecule has 0 aliphatic carbocycles. The summed E-state index contributed by atoms with van der Waals surface area (Å²) in [7, 11) is 0. The third-order valence-corrected chi connectivity index (χ3v) is 7.03. The Morgan fingerprint density at radius 2 is 1.50 bits per heavy atom. The smallest absolute Gasteiger partial charge is 0.364 e. The highest BCUT2D eigenvalue weighted by molar-refractivity contribution is 9.10. The van der Waals surface area contributed by atoms with Gasteiger partial charge in [-0.3, -0.25) is 9.84 Å². The van der Waals surface area contributed by atoms with Crippen molar-refractivity contribution in [3.05, 3.63) is 147 Å². The molecule has 0 atom stereocenters. The molecule has 2 aromatic heterocycles. The van der Waals surface area contributed by atoms with Crippen LogP contribution < -0.4 is 16.4 Å². The van der Waals surface area contributed by atoms with Gasteiger partial charge in [0.2, 0.25) is 11.6 Å². The number of nitrogens with zero attached hydrogens (tertiary/aromatic N) is 4. The van der Waals surface area contributed by atoms with Crippen molar-refractivity contribution in [2.75, 3.05) is 18.4 Å². The SMILES string of the molecule is [2H]c1c([2H])c(-n2c(-c3nonc3NCC([2H])([2H])NC(c3ccccc3)(c3ccccc3)c3ccccc3)noc2=O)c([2H])c(Br)c1F. The summed E-state index contributed by atoms with van der Waals surface area (Å²) in [5, 5.41) is 17.4. The molecule has 2 heterocycles. The molecule has 4 aromatic carbocycles. The maximum Gasteiger partial charge on any atom is 0.446 e. The molecule has 42 heavy (non-hydrogen) atoms. The second kappa shape index (κ2) is 11.9. The van der Waals surface area contributed by atoms with E-state index in [4.69, 9.17) is 16.0 Å². The minimum absolute atomic E-state index is 0.146. The van der Waals surface area contributed by atoms with E-state index in [-0.39, 0.29) is 17.3 Å². The van der Waals surface area contributed by atoms with Gasteiger partial charge in [-0.05, 0) is 61.1 Å². The van der Waals surface area contributed by atoms with Crippen molar-refractivity contribution < 1.29 is 20.4 Å². The van der Waals surface area contributed by atoms with Crippen LogP contribution in [0, 0.1) is 5.82 Å². The number of nitrogens with one attached hydrogen (secondary N) is 2. The zero-order valence-electron chi connectivity index (χ0n) is 26.6. The molecule has 0 amide bonds. The van der Waals surface area contributed by atoms with Gasteiger partial charge in [-0.25, -0.2) is 18.4 Å². The first kappa shape index (κ1) is 21.8. The summed E-state index contributed by atoms with van der Waals surface area (Å²) in [5.74, 6) is -2.82. The van der Waals surface area contributed by atoms with Gasteiger partial charge in [-0.2, -0.15) is 0 Å². The standard InChI is InChI=1S/C31H24BrFN6O3/c32-25-20-24(16-17-26(25)33)39-29(38-41-30(39)40)27-28(37-42-36-27)34-18-19-35-31(21-10-4-1-5-11-21,22-12-6-2-7-13-22)23-14-8-3-9-15-23/h1-17,20,35H,18-19H2,(H,34,37)/i16D,17D,19D2,20D. The monoisotopic (exact) mass is 631 g/mol. The minimum Gasteiger partial charge on any atom is -0.364 e. The molecule has 0 spiro atoms. The number of rotatable bonds is 10. The predicted octanol–water partition coefficient (Wildman–Crippen LogP) is 5.77. The lowest BCUT2D eigenvalue weighted by atomic mass is 9.77. The van der Waals surface area contributed by atoms with Crippen LogP contribution in [0.1, 0.15) is 23.5 Å². The first-order chi connectivity index (χ1) is 22.5. The quantitative estimate of drug-likeness (QED) is 0.183. The lowest BCUT2D eigenvalue weighted by Gasteiger charge is -2.37. The average molecular weight is 633 g/mol. The maximum atomic E-state index is 14.4. The third-order valence-electron chi connectivity index (χ3n) is 6.48. The number of anilines is 1. The number of hydrogen-bond donors (Lipinski definition) is 2. The zero-order valence-corrected chi connectivity index (χ0v) is 23.2. The molecule has 11 heteroatoms.